The Morgan fingerprint density at radius 3 is 2.89 bits per heavy atom. The molecule has 0 bridgehead atoms. The van der Waals surface area contributed by atoms with Crippen LogP contribution in [0.4, 0.5) is 0 Å². The number of halogens is 1. The largest absolute Gasteiger partial charge is 0.493 e. The quantitative estimate of drug-likeness (QED) is 0.780. The van der Waals surface area contributed by atoms with Crippen LogP contribution in [0.15, 0.2) is 18.2 Å². The van der Waals surface area contributed by atoms with E-state index in [-0.39, 0.29) is 11.9 Å². The summed E-state index contributed by atoms with van der Waals surface area (Å²) in [4.78, 5) is 11.0. The van der Waals surface area contributed by atoms with E-state index in [9.17, 15) is 4.79 Å². The minimum absolute atomic E-state index is 0.0159. The van der Waals surface area contributed by atoms with Crippen molar-refractivity contribution in [1.82, 2.24) is 5.32 Å². The Morgan fingerprint density at radius 2 is 2.28 bits per heavy atom. The number of nitrogens with two attached hydrogens (primary N) is 1. The molecule has 1 atom stereocenters. The van der Waals surface area contributed by atoms with Gasteiger partial charge in [0.05, 0.1) is 6.61 Å². The number of carbonyl (C=O) groups is 1. The van der Waals surface area contributed by atoms with E-state index in [1.54, 1.807) is 25.2 Å². The van der Waals surface area contributed by atoms with E-state index in [1.807, 2.05) is 6.92 Å². The molecule has 4 nitrogen and oxygen atoms in total. The molecule has 0 saturated heterocycles. The van der Waals surface area contributed by atoms with Crippen LogP contribution in [-0.4, -0.2) is 19.6 Å². The van der Waals surface area contributed by atoms with Gasteiger partial charge in [-0.25, -0.2) is 0 Å². The van der Waals surface area contributed by atoms with Gasteiger partial charge >= 0.3 is 0 Å². The third-order valence-electron chi connectivity index (χ3n) is 2.55. The summed E-state index contributed by atoms with van der Waals surface area (Å²) in [5.74, 6) is 0.744. The lowest BCUT2D eigenvalue weighted by Crippen LogP contribution is -2.18. The van der Waals surface area contributed by atoms with Crippen LogP contribution in [0.3, 0.4) is 0 Å². The van der Waals surface area contributed by atoms with Gasteiger partial charge in [-0.05, 0) is 31.5 Å². The highest BCUT2D eigenvalue weighted by molar-refractivity contribution is 6.30. The van der Waals surface area contributed by atoms with E-state index < -0.39 is 0 Å². The normalized spacial score (nSPS) is 12.0. The van der Waals surface area contributed by atoms with E-state index >= 15 is 0 Å². The molecule has 1 rings (SSSR count). The van der Waals surface area contributed by atoms with E-state index in [2.05, 4.69) is 5.32 Å². The lowest BCUT2D eigenvalue weighted by atomic mass is 10.1. The highest BCUT2D eigenvalue weighted by Gasteiger charge is 2.09. The number of hydrogen-bond donors (Lipinski definition) is 2. The van der Waals surface area contributed by atoms with Gasteiger partial charge in [0, 0.05) is 30.1 Å². The van der Waals surface area contributed by atoms with Crippen molar-refractivity contribution in [2.45, 2.75) is 25.8 Å². The minimum Gasteiger partial charge on any atom is -0.493 e. The second-order valence-electron chi connectivity index (χ2n) is 4.10. The van der Waals surface area contributed by atoms with E-state index in [0.29, 0.717) is 24.5 Å². The van der Waals surface area contributed by atoms with Gasteiger partial charge in [0.2, 0.25) is 5.91 Å². The van der Waals surface area contributed by atoms with E-state index in [1.165, 1.54) is 0 Å². The fourth-order valence-electron chi connectivity index (χ4n) is 1.55. The lowest BCUT2D eigenvalue weighted by Gasteiger charge is -2.14. The van der Waals surface area contributed by atoms with Crippen molar-refractivity contribution in [3.63, 3.8) is 0 Å². The van der Waals surface area contributed by atoms with Crippen molar-refractivity contribution in [2.24, 2.45) is 5.73 Å². The Labute approximate surface area is 112 Å². The summed E-state index contributed by atoms with van der Waals surface area (Å²) < 4.78 is 5.63. The predicted octanol–water partition coefficient (Wildman–Crippen LogP) is 2.26. The molecule has 0 aliphatic rings. The molecule has 1 aromatic rings. The van der Waals surface area contributed by atoms with Crippen LogP contribution in [0.2, 0.25) is 5.02 Å². The Morgan fingerprint density at radius 1 is 1.56 bits per heavy atom. The molecular formula is C13H19ClN2O2. The SMILES string of the molecule is CNC(=O)CCCOc1ccc(Cl)cc1[C@H](C)N. The average Bonchev–Trinajstić information content (AvgIpc) is 2.35. The van der Waals surface area contributed by atoms with Crippen LogP contribution < -0.4 is 15.8 Å². The molecule has 0 unspecified atom stereocenters. The molecule has 0 heterocycles. The highest BCUT2D eigenvalue weighted by Crippen LogP contribution is 2.27. The van der Waals surface area contributed by atoms with Crippen molar-refractivity contribution < 1.29 is 9.53 Å². The Hall–Kier alpha value is -1.26. The van der Waals surface area contributed by atoms with Gasteiger partial charge in [0.25, 0.3) is 0 Å². The molecule has 18 heavy (non-hydrogen) atoms. The van der Waals surface area contributed by atoms with Crippen molar-refractivity contribution in [1.29, 1.82) is 0 Å². The number of nitrogens with one attached hydrogen (secondary N) is 1. The molecule has 0 fully saturated rings. The number of benzene rings is 1. The molecule has 1 aromatic carbocycles. The van der Waals surface area contributed by atoms with E-state index in [4.69, 9.17) is 22.1 Å². The fourth-order valence-corrected chi connectivity index (χ4v) is 1.73. The van der Waals surface area contributed by atoms with Gasteiger partial charge < -0.3 is 15.8 Å². The maximum atomic E-state index is 11.0. The van der Waals surface area contributed by atoms with E-state index in [0.717, 1.165) is 11.3 Å². The Balaban J connectivity index is 2.54. The molecule has 0 aromatic heterocycles. The molecule has 0 aliphatic carbocycles. The highest BCUT2D eigenvalue weighted by atomic mass is 35.5. The number of carbonyl (C=O) groups excluding carboxylic acids is 1. The molecular weight excluding hydrogens is 252 g/mol. The first-order valence-corrected chi connectivity index (χ1v) is 6.30. The van der Waals surface area contributed by atoms with Gasteiger partial charge in [0.15, 0.2) is 0 Å². The second kappa shape index (κ2) is 7.24. The first-order chi connectivity index (χ1) is 8.54. The maximum Gasteiger partial charge on any atom is 0.219 e. The van der Waals surface area contributed by atoms with Crippen LogP contribution in [0.1, 0.15) is 31.4 Å². The summed E-state index contributed by atoms with van der Waals surface area (Å²) in [6.07, 6.45) is 1.12. The molecule has 0 spiro atoms. The van der Waals surface area contributed by atoms with Crippen LogP contribution in [0.5, 0.6) is 5.75 Å². The predicted molar refractivity (Wildman–Crippen MR) is 72.9 cm³/mol. The summed E-state index contributed by atoms with van der Waals surface area (Å²) >= 11 is 5.92. The zero-order valence-corrected chi connectivity index (χ0v) is 11.5. The van der Waals surface area contributed by atoms with Crippen LogP contribution in [0, 0.1) is 0 Å². The molecule has 1 amide bonds. The monoisotopic (exact) mass is 270 g/mol. The zero-order valence-electron chi connectivity index (χ0n) is 10.7. The number of rotatable bonds is 6. The Bertz CT molecular complexity index is 408. The molecule has 0 radical (unpaired) electrons. The maximum absolute atomic E-state index is 11.0. The molecule has 5 heteroatoms. The third-order valence-corrected chi connectivity index (χ3v) is 2.78. The number of ether oxygens (including phenoxy) is 1. The number of hydrogen-bond acceptors (Lipinski definition) is 3. The van der Waals surface area contributed by atoms with Gasteiger partial charge in [0.1, 0.15) is 5.75 Å². The Kier molecular flexibility index (Phi) is 5.95. The number of amides is 1. The summed E-state index contributed by atoms with van der Waals surface area (Å²) in [5.41, 5.74) is 6.73. The van der Waals surface area contributed by atoms with Crippen molar-refractivity contribution in [2.75, 3.05) is 13.7 Å². The summed E-state index contributed by atoms with van der Waals surface area (Å²) in [7, 11) is 1.62. The molecule has 3 N–H and O–H groups in total. The van der Waals surface area contributed by atoms with Gasteiger partial charge in [-0.3, -0.25) is 4.79 Å². The molecule has 0 aliphatic heterocycles. The summed E-state index contributed by atoms with van der Waals surface area (Å²) in [5, 5.41) is 3.21. The van der Waals surface area contributed by atoms with Gasteiger partial charge in [-0.15, -0.1) is 0 Å². The summed E-state index contributed by atoms with van der Waals surface area (Å²) in [6.45, 7) is 2.36. The minimum atomic E-state index is -0.141. The van der Waals surface area contributed by atoms with Gasteiger partial charge in [-0.2, -0.15) is 0 Å². The van der Waals surface area contributed by atoms with Crippen LogP contribution in [0.25, 0.3) is 0 Å². The summed E-state index contributed by atoms with van der Waals surface area (Å²) in [6, 6.07) is 5.24. The topological polar surface area (TPSA) is 64.3 Å². The third kappa shape index (κ3) is 4.55. The molecule has 0 saturated carbocycles. The smallest absolute Gasteiger partial charge is 0.219 e. The first-order valence-electron chi connectivity index (χ1n) is 5.93. The van der Waals surface area contributed by atoms with Crippen molar-refractivity contribution >= 4 is 17.5 Å². The second-order valence-corrected chi connectivity index (χ2v) is 4.53. The lowest BCUT2D eigenvalue weighted by molar-refractivity contribution is -0.120. The molecule has 100 valence electrons. The standard InChI is InChI=1S/C13H19ClN2O2/c1-9(15)11-8-10(14)5-6-12(11)18-7-3-4-13(17)16-2/h5-6,8-9H,3-4,7,15H2,1-2H3,(H,16,17)/t9-/m0/s1. The average molecular weight is 271 g/mol. The van der Waals surface area contributed by atoms with Crippen molar-refractivity contribution in [3.05, 3.63) is 28.8 Å². The fraction of sp³-hybridized carbons (Fsp3) is 0.462. The zero-order chi connectivity index (χ0) is 13.5. The van der Waals surface area contributed by atoms with Crippen LogP contribution in [-0.2, 0) is 4.79 Å². The first kappa shape index (κ1) is 14.8. The van der Waals surface area contributed by atoms with Crippen LogP contribution >= 0.6 is 11.6 Å². The van der Waals surface area contributed by atoms with Crippen molar-refractivity contribution in [3.8, 4) is 5.75 Å². The van der Waals surface area contributed by atoms with Gasteiger partial charge in [-0.1, -0.05) is 11.6 Å².